The molecule has 111 heavy (non-hydrogen) atoms. The third kappa shape index (κ3) is 34.6. The van der Waals surface area contributed by atoms with Crippen molar-refractivity contribution < 1.29 is 14.4 Å². The Morgan fingerprint density at radius 2 is 0.820 bits per heavy atom. The van der Waals surface area contributed by atoms with E-state index < -0.39 is 0 Å². The first-order valence-corrected chi connectivity index (χ1v) is 43.8. The molecule has 5 aliphatic rings. The van der Waals surface area contributed by atoms with Crippen LogP contribution in [0.15, 0.2) is 77.9 Å². The molecule has 13 nitrogen and oxygen atoms in total. The largest absolute Gasteiger partial charge is 0.385 e. The minimum Gasteiger partial charge on any atom is -0.385 e. The first-order chi connectivity index (χ1) is 50.1. The average molecular weight is 1550 g/mol. The standard InChI is InChI=1S/C17H32N2O.C17H30N2O.C17H31NO.C17H33N.C16H28N2O.C14H25N/c2*1-8-9-10-12-11-18-15(20)13(16(2,3)4)14(19-12)17(5,6)7;1-8-9-10-12-11-13(19)14(16(2,3)4)15(18-12)17(5,6)7;1-8-9-10-13-11-12-14(16(2,3)4)15(18-13)17(5,6)7;1-8-9-10-11-17-13(16(5,6)7)12(14(19)18-11)15(2,3)4;1-10-8-9-11(13(2,3)4)12(15-10)14(5,6)7/h12,19H,8-11H2,1-7H3,(H,18,20);8-11H2,1-7H3,(H,18,20);12,18H,8-11H2,1-7H3;13,18H,8-12H2,1-7H3;8-10H2,1-7H3,(H,17,18,19);8,15H,9H2,1-7H3. The summed E-state index contributed by atoms with van der Waals surface area (Å²) in [6.45, 7) is 93.3. The van der Waals surface area contributed by atoms with Crippen molar-refractivity contribution in [1.82, 2.24) is 41.9 Å². The lowest BCUT2D eigenvalue weighted by Crippen LogP contribution is -2.44. The lowest BCUT2D eigenvalue weighted by atomic mass is 9.73. The van der Waals surface area contributed by atoms with Gasteiger partial charge in [-0.1, -0.05) is 341 Å². The maximum Gasteiger partial charge on any atom is 0.254 e. The van der Waals surface area contributed by atoms with E-state index >= 15 is 0 Å². The molecular weight excluding hydrogens is 1370 g/mol. The van der Waals surface area contributed by atoms with Crippen molar-refractivity contribution in [3.63, 3.8) is 0 Å². The SMILES string of the molecule is CC1=CCC(C(C)(C)C)=C(C(C)(C)C)N1.CCCCC1=NC(C(C)(C)C)=C(C(C)(C)C)C(=O)NC1.CCCCC1CC(=O)C(C(C)(C)C)=C(C(C)(C)C)N1.CCCCC1CCC(C(C)(C)C)=C(C(C)(C)C)N1.CCCCC1CNC(=O)C(C(C)(C)C)=C(C(C)(C)C)N1.CCCCc1nc(C(C)(C)C)c(C(C)(C)C)c(=O)[nH]1. The second-order valence-corrected chi connectivity index (χ2v) is 45.3. The fraction of sp³-hybridized carbons (Fsp3) is 0.796. The van der Waals surface area contributed by atoms with E-state index in [0.29, 0.717) is 42.3 Å². The number of carbonyl (C=O) groups is 3. The molecule has 0 saturated heterocycles. The summed E-state index contributed by atoms with van der Waals surface area (Å²) in [5.74, 6) is 1.30. The highest BCUT2D eigenvalue weighted by Crippen LogP contribution is 2.45. The van der Waals surface area contributed by atoms with Gasteiger partial charge in [-0.3, -0.25) is 24.2 Å². The number of aromatic nitrogens is 2. The molecule has 0 saturated carbocycles. The number of nitrogens with zero attached hydrogens (tertiary/aromatic N) is 2. The number of aryl methyl sites for hydroxylation is 1. The quantitative estimate of drug-likeness (QED) is 0.0899. The van der Waals surface area contributed by atoms with Gasteiger partial charge in [0.05, 0.1) is 17.9 Å². The van der Waals surface area contributed by atoms with Crippen LogP contribution in [-0.4, -0.2) is 64.5 Å². The van der Waals surface area contributed by atoms with Crippen molar-refractivity contribution in [2.24, 2.45) is 59.1 Å². The molecule has 5 aliphatic heterocycles. The van der Waals surface area contributed by atoms with E-state index in [0.717, 1.165) is 121 Å². The number of carbonyl (C=O) groups excluding carboxylic acids is 3. The van der Waals surface area contributed by atoms with Crippen molar-refractivity contribution in [3.05, 3.63) is 95.6 Å². The maximum absolute atomic E-state index is 12.6. The highest BCUT2D eigenvalue weighted by molar-refractivity contribution is 6.01. The van der Waals surface area contributed by atoms with Crippen molar-refractivity contribution >= 4 is 23.3 Å². The molecule has 2 amide bonds. The Morgan fingerprint density at radius 1 is 0.405 bits per heavy atom. The minimum atomic E-state index is -0.198. The van der Waals surface area contributed by atoms with Crippen LogP contribution in [0, 0.1) is 54.1 Å². The molecule has 6 heterocycles. The van der Waals surface area contributed by atoms with Crippen molar-refractivity contribution in [3.8, 4) is 0 Å². The third-order valence-corrected chi connectivity index (χ3v) is 21.0. The molecule has 640 valence electrons. The predicted molar refractivity (Wildman–Crippen MR) is 483 cm³/mol. The first kappa shape index (κ1) is 104. The average Bonchev–Trinajstić information content (AvgIpc) is 1.77. The second-order valence-electron chi connectivity index (χ2n) is 45.3. The molecule has 1 aromatic rings. The summed E-state index contributed by atoms with van der Waals surface area (Å²) in [6.07, 6.45) is 23.8. The Hall–Kier alpha value is -5.20. The molecule has 0 aliphatic carbocycles. The molecule has 6 rings (SSSR count). The van der Waals surface area contributed by atoms with E-state index in [1.807, 2.05) is 0 Å². The third-order valence-electron chi connectivity index (χ3n) is 21.0. The summed E-state index contributed by atoms with van der Waals surface area (Å²) < 4.78 is 0. The van der Waals surface area contributed by atoms with Gasteiger partial charge >= 0.3 is 0 Å². The van der Waals surface area contributed by atoms with Crippen molar-refractivity contribution in [2.75, 3.05) is 13.1 Å². The Kier molecular flexibility index (Phi) is 39.4. The predicted octanol–water partition coefficient (Wildman–Crippen LogP) is 25.4. The van der Waals surface area contributed by atoms with Gasteiger partial charge < -0.3 is 36.9 Å². The zero-order valence-corrected chi connectivity index (χ0v) is 80.7. The van der Waals surface area contributed by atoms with Gasteiger partial charge in [0.2, 0.25) is 11.8 Å². The molecule has 13 heteroatoms. The zero-order valence-electron chi connectivity index (χ0n) is 80.7. The number of unbranched alkanes of at least 4 members (excludes halogenated alkanes) is 5. The molecule has 0 spiro atoms. The van der Waals surface area contributed by atoms with Crippen LogP contribution >= 0.6 is 0 Å². The van der Waals surface area contributed by atoms with E-state index in [2.05, 4.69) is 334 Å². The number of hydrogen-bond acceptors (Lipinski definition) is 10. The fourth-order valence-electron chi connectivity index (χ4n) is 15.0. The number of H-pyrrole nitrogens is 1. The van der Waals surface area contributed by atoms with Crippen LogP contribution in [-0.2, 0) is 31.6 Å². The molecule has 7 N–H and O–H groups in total. The molecule has 0 radical (unpaired) electrons. The fourth-order valence-corrected chi connectivity index (χ4v) is 15.0. The van der Waals surface area contributed by atoms with Gasteiger partial charge in [0, 0.05) is 126 Å². The van der Waals surface area contributed by atoms with Gasteiger partial charge in [-0.15, -0.1) is 0 Å². The van der Waals surface area contributed by atoms with Crippen LogP contribution < -0.4 is 37.5 Å². The summed E-state index contributed by atoms with van der Waals surface area (Å²) in [5, 5.41) is 20.9. The Bertz CT molecular complexity index is 3450. The number of ketones is 1. The lowest BCUT2D eigenvalue weighted by molar-refractivity contribution is -0.119. The van der Waals surface area contributed by atoms with Crippen molar-refractivity contribution in [1.29, 1.82) is 0 Å². The van der Waals surface area contributed by atoms with Crippen LogP contribution in [0.3, 0.4) is 0 Å². The number of nitrogens with one attached hydrogen (secondary N) is 7. The number of hydrogen-bond donors (Lipinski definition) is 7. The minimum absolute atomic E-state index is 0.00313. The molecule has 3 unspecified atom stereocenters. The molecular formula is C98H179N9O4. The number of aliphatic imine (C=N–C) groups is 1. The van der Waals surface area contributed by atoms with Crippen LogP contribution in [0.4, 0.5) is 0 Å². The number of dihydropyridines is 1. The molecule has 3 atom stereocenters. The smallest absolute Gasteiger partial charge is 0.254 e. The molecule has 1 aromatic heterocycles. The van der Waals surface area contributed by atoms with E-state index in [4.69, 9.17) is 9.98 Å². The van der Waals surface area contributed by atoms with Crippen LogP contribution in [0.1, 0.15) is 423 Å². The lowest BCUT2D eigenvalue weighted by Gasteiger charge is -2.40. The van der Waals surface area contributed by atoms with Crippen LogP contribution in [0.5, 0.6) is 0 Å². The summed E-state index contributed by atoms with van der Waals surface area (Å²) >= 11 is 0. The topological polar surface area (TPSA) is 181 Å². The molecule has 0 fully saturated rings. The Balaban J connectivity index is 0.000000667. The second kappa shape index (κ2) is 42.1. The van der Waals surface area contributed by atoms with Gasteiger partial charge in [0.1, 0.15) is 5.82 Å². The van der Waals surface area contributed by atoms with Gasteiger partial charge in [-0.25, -0.2) is 4.98 Å². The van der Waals surface area contributed by atoms with Gasteiger partial charge in [-0.05, 0) is 108 Å². The summed E-state index contributed by atoms with van der Waals surface area (Å²) in [5.41, 5.74) is 16.4. The molecule has 0 bridgehead atoms. The maximum atomic E-state index is 12.6. The number of allylic oxidation sites excluding steroid dienone is 10. The van der Waals surface area contributed by atoms with E-state index in [9.17, 15) is 19.2 Å². The van der Waals surface area contributed by atoms with Gasteiger partial charge in [0.25, 0.3) is 5.56 Å². The monoisotopic (exact) mass is 1550 g/mol. The van der Waals surface area contributed by atoms with E-state index in [1.165, 1.54) is 74.9 Å². The molecule has 0 aromatic carbocycles. The number of Topliss-reactive ketones (excluding diaryl/α,β-unsaturated/α-hetero) is 1. The summed E-state index contributed by atoms with van der Waals surface area (Å²) in [4.78, 5) is 62.6. The highest BCUT2D eigenvalue weighted by atomic mass is 16.2. The number of aromatic amines is 1. The normalized spacial score (nSPS) is 19.0. The van der Waals surface area contributed by atoms with Crippen LogP contribution in [0.2, 0.25) is 0 Å². The van der Waals surface area contributed by atoms with Crippen LogP contribution in [0.25, 0.3) is 0 Å². The highest BCUT2D eigenvalue weighted by Gasteiger charge is 2.41. The van der Waals surface area contributed by atoms with Gasteiger partial charge in [-0.2, -0.15) is 0 Å². The summed E-state index contributed by atoms with van der Waals surface area (Å²) in [7, 11) is 0. The Morgan fingerprint density at radius 3 is 1.23 bits per heavy atom. The summed E-state index contributed by atoms with van der Waals surface area (Å²) in [6, 6.07) is 1.37. The van der Waals surface area contributed by atoms with E-state index in [1.54, 1.807) is 11.1 Å². The van der Waals surface area contributed by atoms with Crippen molar-refractivity contribution in [2.45, 2.75) is 442 Å². The first-order valence-electron chi connectivity index (χ1n) is 43.8. The van der Waals surface area contributed by atoms with Gasteiger partial charge in [0.15, 0.2) is 5.78 Å². The Labute approximate surface area is 685 Å². The number of rotatable bonds is 15. The van der Waals surface area contributed by atoms with E-state index in [-0.39, 0.29) is 76.9 Å². The number of amides is 2. The zero-order chi connectivity index (χ0) is 86.6.